The lowest BCUT2D eigenvalue weighted by molar-refractivity contribution is 0.409. The van der Waals surface area contributed by atoms with Gasteiger partial charge in [-0.2, -0.15) is 5.10 Å². The Labute approximate surface area is 177 Å². The zero-order valence-corrected chi connectivity index (χ0v) is 17.7. The van der Waals surface area contributed by atoms with Crippen LogP contribution in [-0.2, 0) is 7.05 Å². The van der Waals surface area contributed by atoms with Crippen molar-refractivity contribution in [2.24, 2.45) is 18.9 Å². The van der Waals surface area contributed by atoms with E-state index in [1.54, 1.807) is 0 Å². The van der Waals surface area contributed by atoms with Gasteiger partial charge in [-0.05, 0) is 56.8 Å². The van der Waals surface area contributed by atoms with Crippen LogP contribution in [0.2, 0.25) is 0 Å². The van der Waals surface area contributed by atoms with Crippen molar-refractivity contribution in [3.63, 3.8) is 0 Å². The number of aryl methyl sites for hydroxylation is 2. The summed E-state index contributed by atoms with van der Waals surface area (Å²) in [5.41, 5.74) is 11.7. The molecule has 2 aliphatic rings. The quantitative estimate of drug-likeness (QED) is 0.654. The number of rotatable bonds is 3. The van der Waals surface area contributed by atoms with Crippen molar-refractivity contribution in [3.05, 3.63) is 42.4 Å². The number of hydrogen-bond donors (Lipinski definition) is 2. The third kappa shape index (κ3) is 3.54. The largest absolute Gasteiger partial charge is 0.399 e. The van der Waals surface area contributed by atoms with Crippen LogP contribution in [-0.4, -0.2) is 45.9 Å². The van der Waals surface area contributed by atoms with E-state index in [1.807, 2.05) is 55.3 Å². The Morgan fingerprint density at radius 1 is 1.03 bits per heavy atom. The Morgan fingerprint density at radius 2 is 1.73 bits per heavy atom. The van der Waals surface area contributed by atoms with Crippen LogP contribution in [0, 0.1) is 18.8 Å². The van der Waals surface area contributed by atoms with E-state index in [4.69, 9.17) is 15.7 Å². The van der Waals surface area contributed by atoms with Gasteiger partial charge < -0.3 is 16.0 Å². The molecule has 3 N–H and O–H groups in total. The molecule has 0 spiro atoms. The first-order valence-corrected chi connectivity index (χ1v) is 10.8. The van der Waals surface area contributed by atoms with Gasteiger partial charge in [0, 0.05) is 54.9 Å². The first-order valence-electron chi connectivity index (χ1n) is 10.8. The Kier molecular flexibility index (Phi) is 4.90. The van der Waals surface area contributed by atoms with Gasteiger partial charge in [0.25, 0.3) is 0 Å². The molecule has 7 heteroatoms. The molecule has 2 saturated heterocycles. The highest BCUT2D eigenvalue weighted by Crippen LogP contribution is 2.34. The Hall–Kier alpha value is -2.93. The van der Waals surface area contributed by atoms with Gasteiger partial charge in [-0.1, -0.05) is 12.1 Å². The molecule has 0 amide bonds. The summed E-state index contributed by atoms with van der Waals surface area (Å²) in [5.74, 6) is 2.38. The summed E-state index contributed by atoms with van der Waals surface area (Å²) >= 11 is 0. The van der Waals surface area contributed by atoms with Crippen molar-refractivity contribution in [2.75, 3.05) is 36.8 Å². The number of nitrogens with two attached hydrogens (primary N) is 1. The van der Waals surface area contributed by atoms with Crippen LogP contribution in [0.4, 0.5) is 11.6 Å². The lowest BCUT2D eigenvalue weighted by Gasteiger charge is -2.22. The monoisotopic (exact) mass is 403 g/mol. The number of anilines is 2. The SMILES string of the molecule is Cc1nn(C)cc1-c1cnc(N2CCC3CNCC3CC2)nc1-c1ccc(N)cc1. The van der Waals surface area contributed by atoms with Gasteiger partial charge in [0.15, 0.2) is 0 Å². The number of fused-ring (bicyclic) bond motifs is 1. The maximum atomic E-state index is 5.93. The fourth-order valence-corrected chi connectivity index (χ4v) is 4.87. The smallest absolute Gasteiger partial charge is 0.225 e. The molecule has 2 unspecified atom stereocenters. The molecule has 2 aromatic heterocycles. The first-order chi connectivity index (χ1) is 14.6. The average Bonchev–Trinajstić information content (AvgIpc) is 3.27. The maximum Gasteiger partial charge on any atom is 0.225 e. The molecule has 1 aromatic carbocycles. The molecular weight excluding hydrogens is 374 g/mol. The van der Waals surface area contributed by atoms with E-state index in [9.17, 15) is 0 Å². The second kappa shape index (κ2) is 7.72. The average molecular weight is 404 g/mol. The van der Waals surface area contributed by atoms with Gasteiger partial charge in [0.1, 0.15) is 0 Å². The van der Waals surface area contributed by atoms with E-state index < -0.39 is 0 Å². The van der Waals surface area contributed by atoms with Gasteiger partial charge in [-0.3, -0.25) is 4.68 Å². The molecule has 0 radical (unpaired) electrons. The highest BCUT2D eigenvalue weighted by molar-refractivity contribution is 5.82. The maximum absolute atomic E-state index is 5.93. The Morgan fingerprint density at radius 3 is 2.37 bits per heavy atom. The van der Waals surface area contributed by atoms with Gasteiger partial charge in [-0.25, -0.2) is 9.97 Å². The van der Waals surface area contributed by atoms with E-state index in [-0.39, 0.29) is 0 Å². The number of nitrogens with zero attached hydrogens (tertiary/aromatic N) is 5. The third-order valence-electron chi connectivity index (χ3n) is 6.57. The molecule has 2 aliphatic heterocycles. The minimum atomic E-state index is 0.750. The second-order valence-electron chi connectivity index (χ2n) is 8.60. The fourth-order valence-electron chi connectivity index (χ4n) is 4.87. The Balaban J connectivity index is 1.54. The second-order valence-corrected chi connectivity index (χ2v) is 8.60. The number of aromatic nitrogens is 4. The van der Waals surface area contributed by atoms with Crippen LogP contribution in [0.1, 0.15) is 18.5 Å². The summed E-state index contributed by atoms with van der Waals surface area (Å²) in [6.45, 7) is 6.34. The summed E-state index contributed by atoms with van der Waals surface area (Å²) in [6, 6.07) is 7.93. The highest BCUT2D eigenvalue weighted by Gasteiger charge is 2.31. The summed E-state index contributed by atoms with van der Waals surface area (Å²) in [7, 11) is 1.94. The normalized spacial score (nSPS) is 21.5. The third-order valence-corrected chi connectivity index (χ3v) is 6.57. The van der Waals surface area contributed by atoms with Crippen LogP contribution in [0.15, 0.2) is 36.7 Å². The molecule has 3 aromatic rings. The highest BCUT2D eigenvalue weighted by atomic mass is 15.3. The van der Waals surface area contributed by atoms with Crippen molar-refractivity contribution in [1.29, 1.82) is 0 Å². The van der Waals surface area contributed by atoms with Crippen molar-refractivity contribution in [3.8, 4) is 22.4 Å². The molecular formula is C23H29N7. The lowest BCUT2D eigenvalue weighted by atomic mass is 9.92. The molecule has 0 bridgehead atoms. The zero-order chi connectivity index (χ0) is 20.7. The van der Waals surface area contributed by atoms with E-state index in [0.29, 0.717) is 0 Å². The minimum absolute atomic E-state index is 0.750. The summed E-state index contributed by atoms with van der Waals surface area (Å²) in [5, 5.41) is 8.07. The van der Waals surface area contributed by atoms with Crippen LogP contribution in [0.25, 0.3) is 22.4 Å². The van der Waals surface area contributed by atoms with E-state index >= 15 is 0 Å². The van der Waals surface area contributed by atoms with E-state index in [1.165, 1.54) is 12.8 Å². The van der Waals surface area contributed by atoms with Gasteiger partial charge in [0.2, 0.25) is 5.95 Å². The standard InChI is InChI=1S/C23H29N7/c1-15-21(14-29(2)28-15)20-13-26-23(27-22(20)16-3-5-19(24)6-4-16)30-9-7-17-11-25-12-18(17)8-10-30/h3-6,13-14,17-18,25H,7-12,24H2,1-2H3. The predicted molar refractivity (Wildman–Crippen MR) is 120 cm³/mol. The van der Waals surface area contributed by atoms with E-state index in [0.717, 1.165) is 77.7 Å². The predicted octanol–water partition coefficient (Wildman–Crippen LogP) is 2.87. The first kappa shape index (κ1) is 19.1. The Bertz CT molecular complexity index is 1030. The fraction of sp³-hybridized carbons (Fsp3) is 0.435. The zero-order valence-electron chi connectivity index (χ0n) is 17.7. The number of nitrogen functional groups attached to an aromatic ring is 1. The van der Waals surface area contributed by atoms with Crippen LogP contribution in [0.5, 0.6) is 0 Å². The number of hydrogen-bond acceptors (Lipinski definition) is 6. The summed E-state index contributed by atoms with van der Waals surface area (Å²) < 4.78 is 1.84. The van der Waals surface area contributed by atoms with Gasteiger partial charge in [-0.15, -0.1) is 0 Å². The van der Waals surface area contributed by atoms with E-state index in [2.05, 4.69) is 15.3 Å². The summed E-state index contributed by atoms with van der Waals surface area (Å²) in [6.07, 6.45) is 6.39. The van der Waals surface area contributed by atoms with Crippen LogP contribution >= 0.6 is 0 Å². The van der Waals surface area contributed by atoms with Crippen molar-refractivity contribution < 1.29 is 0 Å². The van der Waals surface area contributed by atoms with Gasteiger partial charge >= 0.3 is 0 Å². The minimum Gasteiger partial charge on any atom is -0.399 e. The molecule has 5 rings (SSSR count). The van der Waals surface area contributed by atoms with Crippen LogP contribution < -0.4 is 16.0 Å². The molecule has 156 valence electrons. The van der Waals surface area contributed by atoms with Crippen molar-refractivity contribution in [1.82, 2.24) is 25.1 Å². The van der Waals surface area contributed by atoms with Crippen LogP contribution in [0.3, 0.4) is 0 Å². The van der Waals surface area contributed by atoms with Crippen molar-refractivity contribution in [2.45, 2.75) is 19.8 Å². The number of nitrogens with one attached hydrogen (secondary N) is 1. The number of benzene rings is 1. The van der Waals surface area contributed by atoms with Gasteiger partial charge in [0.05, 0.1) is 11.4 Å². The topological polar surface area (TPSA) is 84.9 Å². The molecule has 0 saturated carbocycles. The molecule has 30 heavy (non-hydrogen) atoms. The molecule has 4 heterocycles. The molecule has 0 aliphatic carbocycles. The summed E-state index contributed by atoms with van der Waals surface area (Å²) in [4.78, 5) is 12.2. The molecule has 7 nitrogen and oxygen atoms in total. The lowest BCUT2D eigenvalue weighted by Crippen LogP contribution is -2.27. The molecule has 2 atom stereocenters. The molecule has 2 fully saturated rings. The van der Waals surface area contributed by atoms with Crippen molar-refractivity contribution >= 4 is 11.6 Å².